The zero-order valence-corrected chi connectivity index (χ0v) is 18.4. The van der Waals surface area contributed by atoms with Crippen molar-refractivity contribution in [2.24, 2.45) is 0 Å². The molecule has 0 bridgehead atoms. The highest BCUT2D eigenvalue weighted by Gasteiger charge is 2.59. The van der Waals surface area contributed by atoms with Gasteiger partial charge in [0.15, 0.2) is 0 Å². The largest absolute Gasteiger partial charge is 0.103 e. The van der Waals surface area contributed by atoms with E-state index in [1.807, 2.05) is 0 Å². The molecule has 0 amide bonds. The van der Waals surface area contributed by atoms with E-state index < -0.39 is 24.2 Å². The summed E-state index contributed by atoms with van der Waals surface area (Å²) in [5.74, 6) is 0. The van der Waals surface area contributed by atoms with E-state index in [1.54, 1.807) is 0 Å². The van der Waals surface area contributed by atoms with E-state index in [9.17, 15) is 0 Å². The van der Waals surface area contributed by atoms with Crippen molar-refractivity contribution in [2.45, 2.75) is 75.3 Å². The molecule has 0 aromatic carbocycles. The van der Waals surface area contributed by atoms with Gasteiger partial charge in [0.2, 0.25) is 0 Å². The Morgan fingerprint density at radius 1 is 0.833 bits per heavy atom. The molecule has 0 aliphatic heterocycles. The van der Waals surface area contributed by atoms with Crippen molar-refractivity contribution in [1.82, 2.24) is 0 Å². The molecule has 0 nitrogen and oxygen atoms in total. The van der Waals surface area contributed by atoms with E-state index in [4.69, 9.17) is 0 Å². The van der Waals surface area contributed by atoms with E-state index in [1.165, 1.54) is 0 Å². The van der Waals surface area contributed by atoms with Gasteiger partial charge >= 0.3 is 0 Å². The van der Waals surface area contributed by atoms with Gasteiger partial charge in [-0.2, -0.15) is 0 Å². The van der Waals surface area contributed by atoms with E-state index >= 15 is 0 Å². The standard InChI is InChI=1S/C14H34Si4/c1-12-13(2)15-14(16(3,4)5,17(6,7)8)18(9,10)11/h12-13H,1H2,2-11H3. The van der Waals surface area contributed by atoms with Crippen molar-refractivity contribution < 1.29 is 0 Å². The third-order valence-electron chi connectivity index (χ3n) is 4.17. The molecule has 0 rings (SSSR count). The van der Waals surface area contributed by atoms with Crippen LogP contribution in [0.3, 0.4) is 0 Å². The molecule has 0 N–H and O–H groups in total. The number of hydrogen-bond donors (Lipinski definition) is 0. The predicted octanol–water partition coefficient (Wildman–Crippen LogP) is 5.48. The van der Waals surface area contributed by atoms with Crippen LogP contribution in [0.4, 0.5) is 0 Å². The Morgan fingerprint density at radius 2 is 1.11 bits per heavy atom. The van der Waals surface area contributed by atoms with Crippen LogP contribution in [-0.2, 0) is 0 Å². The van der Waals surface area contributed by atoms with Gasteiger partial charge in [0, 0.05) is 33.7 Å². The summed E-state index contributed by atoms with van der Waals surface area (Å²) in [7, 11) is -2.51. The molecule has 18 heavy (non-hydrogen) atoms. The van der Waals surface area contributed by atoms with Crippen LogP contribution in [0.15, 0.2) is 12.7 Å². The molecule has 0 spiro atoms. The summed E-state index contributed by atoms with van der Waals surface area (Å²) in [6.07, 6.45) is 2.19. The highest BCUT2D eigenvalue weighted by molar-refractivity contribution is 7.23. The lowest BCUT2D eigenvalue weighted by Gasteiger charge is -2.60. The summed E-state index contributed by atoms with van der Waals surface area (Å²) < 4.78 is 0.709. The third kappa shape index (κ3) is 3.38. The van der Waals surface area contributed by atoms with Gasteiger partial charge in [-0.25, -0.2) is 0 Å². The number of allylic oxidation sites excluding steroid dienone is 1. The minimum atomic E-state index is -1.20. The van der Waals surface area contributed by atoms with Gasteiger partial charge in [0.25, 0.3) is 0 Å². The lowest BCUT2D eigenvalue weighted by molar-refractivity contribution is 1.12. The van der Waals surface area contributed by atoms with E-state index in [0.29, 0.717) is 9.45 Å². The van der Waals surface area contributed by atoms with Crippen LogP contribution < -0.4 is 0 Å². The molecule has 4 heteroatoms. The fourth-order valence-electron chi connectivity index (χ4n) is 4.42. The Balaban J connectivity index is 5.99. The van der Waals surface area contributed by atoms with Gasteiger partial charge < -0.3 is 0 Å². The molecule has 0 saturated heterocycles. The summed E-state index contributed by atoms with van der Waals surface area (Å²) in [4.78, 5) is 0. The predicted molar refractivity (Wildman–Crippen MR) is 98.1 cm³/mol. The second-order valence-corrected chi connectivity index (χ2v) is 29.4. The van der Waals surface area contributed by atoms with Crippen LogP contribution in [0.2, 0.25) is 68.4 Å². The van der Waals surface area contributed by atoms with Crippen LogP contribution in [0.5, 0.6) is 0 Å². The lowest BCUT2D eigenvalue weighted by atomic mass is 10.5. The Kier molecular flexibility index (Phi) is 5.73. The van der Waals surface area contributed by atoms with Crippen LogP contribution in [0.1, 0.15) is 6.92 Å². The molecular weight excluding hydrogens is 280 g/mol. The molecular formula is C14H34Si4. The van der Waals surface area contributed by atoms with Gasteiger partial charge in [-0.1, -0.05) is 71.9 Å². The first-order valence-electron chi connectivity index (χ1n) is 7.11. The van der Waals surface area contributed by atoms with Crippen molar-refractivity contribution >= 4 is 33.7 Å². The van der Waals surface area contributed by atoms with Crippen molar-refractivity contribution in [3.8, 4) is 0 Å². The zero-order valence-electron chi connectivity index (χ0n) is 14.4. The average Bonchev–Trinajstić information content (AvgIpc) is 2.07. The summed E-state index contributed by atoms with van der Waals surface area (Å²) in [5, 5.41) is 0. The van der Waals surface area contributed by atoms with Crippen LogP contribution >= 0.6 is 0 Å². The van der Waals surface area contributed by atoms with E-state index in [2.05, 4.69) is 78.5 Å². The zero-order chi connectivity index (χ0) is 15.0. The SMILES string of the molecule is C=CC(C)[Si]C([Si](C)(C)C)([Si](C)(C)C)[Si](C)(C)C. The summed E-state index contributed by atoms with van der Waals surface area (Å²) >= 11 is 0. The molecule has 2 radical (unpaired) electrons. The van der Waals surface area contributed by atoms with Crippen LogP contribution in [-0.4, -0.2) is 33.7 Å². The van der Waals surface area contributed by atoms with Crippen molar-refractivity contribution in [2.75, 3.05) is 0 Å². The van der Waals surface area contributed by atoms with Gasteiger partial charge in [-0.3, -0.25) is 0 Å². The molecule has 0 aliphatic carbocycles. The summed E-state index contributed by atoms with van der Waals surface area (Å²) in [6.45, 7) is 30.0. The summed E-state index contributed by atoms with van der Waals surface area (Å²) in [6, 6.07) is 0. The molecule has 0 heterocycles. The molecule has 0 saturated carbocycles. The maximum atomic E-state index is 4.04. The topological polar surface area (TPSA) is 0 Å². The molecule has 0 aromatic heterocycles. The smallest absolute Gasteiger partial charge is 0.0440 e. The first-order chi connectivity index (χ1) is 7.70. The molecule has 1 atom stereocenters. The van der Waals surface area contributed by atoms with E-state index in [0.717, 1.165) is 9.52 Å². The Morgan fingerprint density at radius 3 is 1.28 bits per heavy atom. The van der Waals surface area contributed by atoms with Gasteiger partial charge in [-0.15, -0.1) is 6.58 Å². The second kappa shape index (κ2) is 5.54. The second-order valence-electron chi connectivity index (χ2n) is 8.67. The minimum Gasteiger partial charge on any atom is -0.103 e. The Hall–Kier alpha value is 0.608. The lowest BCUT2D eigenvalue weighted by Crippen LogP contribution is -2.68. The molecule has 0 aromatic rings. The van der Waals surface area contributed by atoms with E-state index in [-0.39, 0.29) is 0 Å². The monoisotopic (exact) mass is 314 g/mol. The first kappa shape index (κ1) is 18.6. The van der Waals surface area contributed by atoms with Crippen molar-refractivity contribution in [3.63, 3.8) is 0 Å². The summed E-state index contributed by atoms with van der Waals surface area (Å²) in [5.41, 5.74) is 0.690. The average molecular weight is 315 g/mol. The van der Waals surface area contributed by atoms with Gasteiger partial charge in [0.05, 0.1) is 0 Å². The number of rotatable bonds is 6. The minimum absolute atomic E-state index is 0.690. The van der Waals surface area contributed by atoms with Crippen molar-refractivity contribution in [1.29, 1.82) is 0 Å². The maximum Gasteiger partial charge on any atom is 0.0440 e. The van der Waals surface area contributed by atoms with Crippen LogP contribution in [0.25, 0.3) is 0 Å². The Bertz CT molecular complexity index is 252. The molecule has 1 unspecified atom stereocenters. The first-order valence-corrected chi connectivity index (χ1v) is 18.7. The van der Waals surface area contributed by atoms with Gasteiger partial charge in [-0.05, 0) is 9.45 Å². The maximum absolute atomic E-state index is 4.04. The normalized spacial score (nSPS) is 16.6. The molecule has 106 valence electrons. The highest BCUT2D eigenvalue weighted by Crippen LogP contribution is 2.54. The molecule has 0 aliphatic rings. The fraction of sp³-hybridized carbons (Fsp3) is 0.857. The fourth-order valence-corrected chi connectivity index (χ4v) is 39.5. The van der Waals surface area contributed by atoms with Gasteiger partial charge in [0.1, 0.15) is 0 Å². The van der Waals surface area contributed by atoms with Crippen molar-refractivity contribution in [3.05, 3.63) is 12.7 Å². The third-order valence-corrected chi connectivity index (χ3v) is 33.6. The number of hydrogen-bond acceptors (Lipinski definition) is 0. The quantitative estimate of drug-likeness (QED) is 0.450. The highest BCUT2D eigenvalue weighted by atomic mass is 28.5. The Labute approximate surface area is 122 Å². The van der Waals surface area contributed by atoms with Crippen LogP contribution in [0, 0.1) is 0 Å². The molecule has 0 fully saturated rings.